The first-order chi connectivity index (χ1) is 5.02. The molecular formula is C8H9ClFN. The van der Waals surface area contributed by atoms with Gasteiger partial charge in [0.15, 0.2) is 0 Å². The zero-order valence-corrected chi connectivity index (χ0v) is 7.19. The summed E-state index contributed by atoms with van der Waals surface area (Å²) in [5.74, 6) is 0. The van der Waals surface area contributed by atoms with Crippen molar-refractivity contribution in [1.82, 2.24) is 4.98 Å². The molecule has 0 amide bonds. The van der Waals surface area contributed by atoms with E-state index in [2.05, 4.69) is 4.98 Å². The van der Waals surface area contributed by atoms with Gasteiger partial charge in [-0.2, -0.15) is 0 Å². The molecule has 0 aliphatic carbocycles. The SMILES string of the molecule is CC(C)(F)c1cnccc1Cl. The molecule has 0 unspecified atom stereocenters. The van der Waals surface area contributed by atoms with Gasteiger partial charge in [0.1, 0.15) is 5.67 Å². The zero-order valence-electron chi connectivity index (χ0n) is 6.44. The van der Waals surface area contributed by atoms with E-state index in [-0.39, 0.29) is 0 Å². The Bertz CT molecular complexity index is 255. The summed E-state index contributed by atoms with van der Waals surface area (Å²) in [5, 5.41) is 0.424. The molecule has 0 aliphatic heterocycles. The maximum Gasteiger partial charge on any atom is 0.133 e. The van der Waals surface area contributed by atoms with E-state index in [1.54, 1.807) is 6.07 Å². The highest BCUT2D eigenvalue weighted by Crippen LogP contribution is 2.29. The van der Waals surface area contributed by atoms with Crippen LogP contribution < -0.4 is 0 Å². The van der Waals surface area contributed by atoms with Gasteiger partial charge in [0.2, 0.25) is 0 Å². The van der Waals surface area contributed by atoms with Crippen molar-refractivity contribution in [3.63, 3.8) is 0 Å². The van der Waals surface area contributed by atoms with Crippen LogP contribution in [0.4, 0.5) is 4.39 Å². The monoisotopic (exact) mass is 173 g/mol. The predicted octanol–water partition coefficient (Wildman–Crippen LogP) is 2.94. The van der Waals surface area contributed by atoms with Crippen LogP contribution in [0, 0.1) is 0 Å². The van der Waals surface area contributed by atoms with Gasteiger partial charge in [0.25, 0.3) is 0 Å². The Hall–Kier alpha value is -0.630. The Morgan fingerprint density at radius 2 is 2.18 bits per heavy atom. The first-order valence-electron chi connectivity index (χ1n) is 3.31. The highest BCUT2D eigenvalue weighted by molar-refractivity contribution is 6.31. The fourth-order valence-electron chi connectivity index (χ4n) is 0.815. The molecule has 11 heavy (non-hydrogen) atoms. The highest BCUT2D eigenvalue weighted by atomic mass is 35.5. The first-order valence-corrected chi connectivity index (χ1v) is 3.68. The Morgan fingerprint density at radius 3 is 2.55 bits per heavy atom. The van der Waals surface area contributed by atoms with Gasteiger partial charge in [-0.3, -0.25) is 4.98 Å². The number of rotatable bonds is 1. The number of hydrogen-bond donors (Lipinski definition) is 0. The first kappa shape index (κ1) is 8.47. The Kier molecular flexibility index (Phi) is 2.14. The molecule has 0 saturated heterocycles. The lowest BCUT2D eigenvalue weighted by molar-refractivity contribution is 0.221. The lowest BCUT2D eigenvalue weighted by atomic mass is 10.0. The van der Waals surface area contributed by atoms with E-state index in [1.165, 1.54) is 26.2 Å². The molecular weight excluding hydrogens is 165 g/mol. The number of pyridine rings is 1. The number of halogens is 2. The van der Waals surface area contributed by atoms with Crippen LogP contribution in [0.25, 0.3) is 0 Å². The van der Waals surface area contributed by atoms with Crippen LogP contribution in [0.1, 0.15) is 19.4 Å². The van der Waals surface area contributed by atoms with Crippen molar-refractivity contribution in [2.45, 2.75) is 19.5 Å². The van der Waals surface area contributed by atoms with Gasteiger partial charge in [0.05, 0.1) is 5.02 Å². The van der Waals surface area contributed by atoms with Gasteiger partial charge < -0.3 is 0 Å². The van der Waals surface area contributed by atoms with Crippen LogP contribution in [0.2, 0.25) is 5.02 Å². The molecule has 60 valence electrons. The molecule has 0 fully saturated rings. The Morgan fingerprint density at radius 1 is 1.55 bits per heavy atom. The molecule has 0 N–H and O–H groups in total. The summed E-state index contributed by atoms with van der Waals surface area (Å²) in [4.78, 5) is 3.79. The van der Waals surface area contributed by atoms with Gasteiger partial charge in [-0.1, -0.05) is 11.6 Å². The summed E-state index contributed by atoms with van der Waals surface area (Å²) in [5.41, 5.74) is -0.979. The number of hydrogen-bond acceptors (Lipinski definition) is 1. The van der Waals surface area contributed by atoms with Crippen molar-refractivity contribution in [2.75, 3.05) is 0 Å². The minimum Gasteiger partial charge on any atom is -0.264 e. The second-order valence-corrected chi connectivity index (χ2v) is 3.24. The standard InChI is InChI=1S/C8H9ClFN/c1-8(2,10)6-5-11-4-3-7(6)9/h3-5H,1-2H3. The summed E-state index contributed by atoms with van der Waals surface area (Å²) >= 11 is 5.73. The zero-order chi connectivity index (χ0) is 8.48. The average Bonchev–Trinajstić information content (AvgIpc) is 1.86. The van der Waals surface area contributed by atoms with E-state index in [9.17, 15) is 4.39 Å². The van der Waals surface area contributed by atoms with Gasteiger partial charge in [-0.25, -0.2) is 4.39 Å². The molecule has 3 heteroatoms. The van der Waals surface area contributed by atoms with Crippen molar-refractivity contribution < 1.29 is 4.39 Å². The van der Waals surface area contributed by atoms with E-state index in [1.807, 2.05) is 0 Å². The lowest BCUT2D eigenvalue weighted by Crippen LogP contribution is -2.09. The van der Waals surface area contributed by atoms with E-state index < -0.39 is 5.67 Å². The lowest BCUT2D eigenvalue weighted by Gasteiger charge is -2.14. The van der Waals surface area contributed by atoms with Crippen LogP contribution in [-0.4, -0.2) is 4.98 Å². The molecule has 1 aromatic rings. The third-order valence-electron chi connectivity index (χ3n) is 1.41. The van der Waals surface area contributed by atoms with Crippen molar-refractivity contribution >= 4 is 11.6 Å². The number of alkyl halides is 1. The van der Waals surface area contributed by atoms with E-state index in [0.29, 0.717) is 10.6 Å². The topological polar surface area (TPSA) is 12.9 Å². The molecule has 0 bridgehead atoms. The largest absolute Gasteiger partial charge is 0.264 e. The van der Waals surface area contributed by atoms with Crippen LogP contribution in [0.5, 0.6) is 0 Å². The quantitative estimate of drug-likeness (QED) is 0.637. The van der Waals surface area contributed by atoms with Gasteiger partial charge in [-0.15, -0.1) is 0 Å². The smallest absolute Gasteiger partial charge is 0.133 e. The molecule has 0 radical (unpaired) electrons. The van der Waals surface area contributed by atoms with Crippen LogP contribution in [-0.2, 0) is 5.67 Å². The normalized spacial score (nSPS) is 11.6. The van der Waals surface area contributed by atoms with E-state index >= 15 is 0 Å². The van der Waals surface area contributed by atoms with Crippen molar-refractivity contribution in [3.8, 4) is 0 Å². The summed E-state index contributed by atoms with van der Waals surface area (Å²) in [7, 11) is 0. The van der Waals surface area contributed by atoms with Crippen LogP contribution in [0.3, 0.4) is 0 Å². The Balaban J connectivity index is 3.14. The fourth-order valence-corrected chi connectivity index (χ4v) is 1.14. The summed E-state index contributed by atoms with van der Waals surface area (Å²) in [6.45, 7) is 2.91. The van der Waals surface area contributed by atoms with Gasteiger partial charge >= 0.3 is 0 Å². The summed E-state index contributed by atoms with van der Waals surface area (Å²) in [6, 6.07) is 1.58. The maximum atomic E-state index is 13.3. The van der Waals surface area contributed by atoms with Crippen molar-refractivity contribution in [2.24, 2.45) is 0 Å². The number of nitrogens with zero attached hydrogens (tertiary/aromatic N) is 1. The molecule has 0 aliphatic rings. The fraction of sp³-hybridized carbons (Fsp3) is 0.375. The maximum absolute atomic E-state index is 13.3. The molecule has 1 rings (SSSR count). The second-order valence-electron chi connectivity index (χ2n) is 2.83. The molecule has 1 aromatic heterocycles. The van der Waals surface area contributed by atoms with Gasteiger partial charge in [0, 0.05) is 18.0 Å². The molecule has 0 atom stereocenters. The minimum absolute atomic E-state index is 0.424. The Labute approximate surface area is 70.2 Å². The van der Waals surface area contributed by atoms with Crippen molar-refractivity contribution in [1.29, 1.82) is 0 Å². The van der Waals surface area contributed by atoms with Crippen molar-refractivity contribution in [3.05, 3.63) is 29.0 Å². The third-order valence-corrected chi connectivity index (χ3v) is 1.74. The minimum atomic E-state index is -1.41. The van der Waals surface area contributed by atoms with E-state index in [4.69, 9.17) is 11.6 Å². The van der Waals surface area contributed by atoms with Crippen LogP contribution >= 0.6 is 11.6 Å². The van der Waals surface area contributed by atoms with E-state index in [0.717, 1.165) is 0 Å². The third kappa shape index (κ3) is 1.90. The molecule has 0 saturated carbocycles. The number of aromatic nitrogens is 1. The average molecular weight is 174 g/mol. The molecule has 1 nitrogen and oxygen atoms in total. The molecule has 0 aromatic carbocycles. The second kappa shape index (κ2) is 2.78. The van der Waals surface area contributed by atoms with Crippen LogP contribution in [0.15, 0.2) is 18.5 Å². The highest BCUT2D eigenvalue weighted by Gasteiger charge is 2.21. The molecule has 0 spiro atoms. The molecule has 1 heterocycles. The predicted molar refractivity (Wildman–Crippen MR) is 43.4 cm³/mol. The van der Waals surface area contributed by atoms with Gasteiger partial charge in [-0.05, 0) is 19.9 Å². The summed E-state index contributed by atoms with van der Waals surface area (Å²) < 4.78 is 13.3. The summed E-state index contributed by atoms with van der Waals surface area (Å²) in [6.07, 6.45) is 2.99.